The minimum Gasteiger partial charge on any atom is -0.494 e. The van der Waals surface area contributed by atoms with Crippen LogP contribution in [0.15, 0.2) is 24.3 Å². The highest BCUT2D eigenvalue weighted by Crippen LogP contribution is 2.16. The monoisotopic (exact) mass is 360 g/mol. The lowest BCUT2D eigenvalue weighted by Gasteiger charge is -2.31. The van der Waals surface area contributed by atoms with Crippen LogP contribution in [0, 0.1) is 5.92 Å². The average Bonchev–Trinajstić information content (AvgIpc) is 2.59. The van der Waals surface area contributed by atoms with Gasteiger partial charge in [0.1, 0.15) is 11.8 Å². The second-order valence-electron chi connectivity index (χ2n) is 7.25. The van der Waals surface area contributed by atoms with Crippen molar-refractivity contribution in [2.45, 2.75) is 58.9 Å². The number of carbonyl (C=O) groups excluding carboxylic acids is 2. The van der Waals surface area contributed by atoms with E-state index >= 15 is 0 Å². The standard InChI is InChI=1S/C21H32N2O3/c1-4-26-18-12-10-17(11-13-18)20(24)22-19(16(2)3)21(25)23-14-8-6-5-7-9-15-23/h10-13,16,19H,4-9,14-15H2,1-3H3,(H,22,24). The van der Waals surface area contributed by atoms with Crippen LogP contribution in [-0.4, -0.2) is 42.5 Å². The Kier molecular flexibility index (Phi) is 7.95. The number of rotatable bonds is 6. The van der Waals surface area contributed by atoms with Crippen LogP contribution >= 0.6 is 0 Å². The van der Waals surface area contributed by atoms with Gasteiger partial charge in [-0.05, 0) is 49.9 Å². The summed E-state index contributed by atoms with van der Waals surface area (Å²) in [6.45, 7) is 8.05. The van der Waals surface area contributed by atoms with Crippen molar-refractivity contribution >= 4 is 11.8 Å². The van der Waals surface area contributed by atoms with Crippen molar-refractivity contribution in [1.29, 1.82) is 0 Å². The van der Waals surface area contributed by atoms with Crippen molar-refractivity contribution in [1.82, 2.24) is 10.2 Å². The van der Waals surface area contributed by atoms with Crippen molar-refractivity contribution < 1.29 is 14.3 Å². The predicted molar refractivity (Wildman–Crippen MR) is 103 cm³/mol. The van der Waals surface area contributed by atoms with E-state index < -0.39 is 6.04 Å². The van der Waals surface area contributed by atoms with Crippen LogP contribution in [0.1, 0.15) is 63.2 Å². The molecule has 0 aromatic heterocycles. The Hall–Kier alpha value is -2.04. The van der Waals surface area contributed by atoms with Crippen molar-refractivity contribution in [3.63, 3.8) is 0 Å². The SMILES string of the molecule is CCOc1ccc(C(=O)NC(C(=O)N2CCCCCCC2)C(C)C)cc1. The Morgan fingerprint density at radius 1 is 1.04 bits per heavy atom. The first-order chi connectivity index (χ1) is 12.5. The number of hydrogen-bond donors (Lipinski definition) is 1. The van der Waals surface area contributed by atoms with Crippen molar-refractivity contribution in [2.24, 2.45) is 5.92 Å². The molecule has 1 N–H and O–H groups in total. The largest absolute Gasteiger partial charge is 0.494 e. The average molecular weight is 360 g/mol. The van der Waals surface area contributed by atoms with Crippen molar-refractivity contribution in [3.8, 4) is 5.75 Å². The molecule has 1 aliphatic heterocycles. The van der Waals surface area contributed by atoms with Crippen LogP contribution in [-0.2, 0) is 4.79 Å². The zero-order chi connectivity index (χ0) is 18.9. The van der Waals surface area contributed by atoms with E-state index in [0.29, 0.717) is 12.2 Å². The number of benzene rings is 1. The Balaban J connectivity index is 2.03. The van der Waals surface area contributed by atoms with Crippen LogP contribution in [0.4, 0.5) is 0 Å². The summed E-state index contributed by atoms with van der Waals surface area (Å²) in [5, 5.41) is 2.95. The molecule has 1 fully saturated rings. The Labute approximate surface area is 157 Å². The Bertz CT molecular complexity index is 575. The second kappa shape index (κ2) is 10.2. The van der Waals surface area contributed by atoms with Gasteiger partial charge in [0.2, 0.25) is 5.91 Å². The fraction of sp³-hybridized carbons (Fsp3) is 0.619. The Morgan fingerprint density at radius 3 is 2.15 bits per heavy atom. The van der Waals surface area contributed by atoms with Gasteiger partial charge in [-0.3, -0.25) is 9.59 Å². The first-order valence-corrected chi connectivity index (χ1v) is 9.85. The minimum atomic E-state index is -0.492. The number of carbonyl (C=O) groups is 2. The van der Waals surface area contributed by atoms with Crippen LogP contribution in [0.2, 0.25) is 0 Å². The van der Waals surface area contributed by atoms with E-state index in [-0.39, 0.29) is 17.7 Å². The number of ether oxygens (including phenoxy) is 1. The molecular formula is C21H32N2O3. The Morgan fingerprint density at radius 2 is 1.62 bits per heavy atom. The summed E-state index contributed by atoms with van der Waals surface area (Å²) in [6, 6.07) is 6.54. The third-order valence-electron chi connectivity index (χ3n) is 4.81. The molecule has 0 aliphatic carbocycles. The normalized spacial score (nSPS) is 16.5. The molecule has 0 spiro atoms. The number of nitrogens with zero attached hydrogens (tertiary/aromatic N) is 1. The highest BCUT2D eigenvalue weighted by atomic mass is 16.5. The summed E-state index contributed by atoms with van der Waals surface area (Å²) < 4.78 is 5.41. The molecule has 5 heteroatoms. The maximum Gasteiger partial charge on any atom is 0.251 e. The summed E-state index contributed by atoms with van der Waals surface area (Å²) in [4.78, 5) is 27.6. The third-order valence-corrected chi connectivity index (χ3v) is 4.81. The first-order valence-electron chi connectivity index (χ1n) is 9.85. The van der Waals surface area contributed by atoms with Crippen LogP contribution < -0.4 is 10.1 Å². The highest BCUT2D eigenvalue weighted by molar-refractivity contribution is 5.97. The molecule has 2 amide bonds. The molecule has 5 nitrogen and oxygen atoms in total. The lowest BCUT2D eigenvalue weighted by molar-refractivity contribution is -0.134. The molecule has 1 atom stereocenters. The molecule has 1 aliphatic rings. The van der Waals surface area contributed by atoms with E-state index in [2.05, 4.69) is 5.32 Å². The van der Waals surface area contributed by atoms with Crippen LogP contribution in [0.25, 0.3) is 0 Å². The summed E-state index contributed by atoms with van der Waals surface area (Å²) in [5.74, 6) is 0.606. The molecule has 2 rings (SSSR count). The van der Waals surface area contributed by atoms with Crippen LogP contribution in [0.5, 0.6) is 5.75 Å². The number of hydrogen-bond acceptors (Lipinski definition) is 3. The molecule has 1 saturated heterocycles. The molecule has 144 valence electrons. The predicted octanol–water partition coefficient (Wildman–Crippen LogP) is 3.63. The maximum atomic E-state index is 13.0. The van der Waals surface area contributed by atoms with Gasteiger partial charge in [-0.25, -0.2) is 0 Å². The summed E-state index contributed by atoms with van der Waals surface area (Å²) in [6.07, 6.45) is 5.69. The number of nitrogens with one attached hydrogen (secondary N) is 1. The van der Waals surface area contributed by atoms with Gasteiger partial charge < -0.3 is 15.0 Å². The van der Waals surface area contributed by atoms with E-state index in [0.717, 1.165) is 31.7 Å². The molecule has 0 radical (unpaired) electrons. The van der Waals surface area contributed by atoms with E-state index in [1.54, 1.807) is 24.3 Å². The lowest BCUT2D eigenvalue weighted by Crippen LogP contribution is -2.51. The minimum absolute atomic E-state index is 0.0413. The van der Waals surface area contributed by atoms with Gasteiger partial charge in [0.05, 0.1) is 6.61 Å². The highest BCUT2D eigenvalue weighted by Gasteiger charge is 2.29. The van der Waals surface area contributed by atoms with E-state index in [9.17, 15) is 9.59 Å². The number of amides is 2. The van der Waals surface area contributed by atoms with E-state index in [4.69, 9.17) is 4.74 Å². The fourth-order valence-corrected chi connectivity index (χ4v) is 3.27. The lowest BCUT2D eigenvalue weighted by atomic mass is 10.0. The molecule has 0 bridgehead atoms. The topological polar surface area (TPSA) is 58.6 Å². The first kappa shape index (κ1) is 20.3. The van der Waals surface area contributed by atoms with Crippen molar-refractivity contribution in [3.05, 3.63) is 29.8 Å². The number of likely N-dealkylation sites (tertiary alicyclic amines) is 1. The smallest absolute Gasteiger partial charge is 0.251 e. The third kappa shape index (κ3) is 5.75. The zero-order valence-electron chi connectivity index (χ0n) is 16.3. The van der Waals surface area contributed by atoms with Crippen molar-refractivity contribution in [2.75, 3.05) is 19.7 Å². The molecule has 1 unspecified atom stereocenters. The molecule has 1 aromatic rings. The van der Waals surface area contributed by atoms with Gasteiger partial charge >= 0.3 is 0 Å². The molecule has 0 saturated carbocycles. The molecule has 26 heavy (non-hydrogen) atoms. The van der Waals surface area contributed by atoms with Gasteiger partial charge in [0.15, 0.2) is 0 Å². The van der Waals surface area contributed by atoms with Gasteiger partial charge in [0, 0.05) is 18.7 Å². The van der Waals surface area contributed by atoms with Gasteiger partial charge in [0.25, 0.3) is 5.91 Å². The van der Waals surface area contributed by atoms with E-state index in [1.165, 1.54) is 19.3 Å². The summed E-state index contributed by atoms with van der Waals surface area (Å²) >= 11 is 0. The van der Waals surface area contributed by atoms with Gasteiger partial charge in [-0.15, -0.1) is 0 Å². The molecule has 1 heterocycles. The maximum absolute atomic E-state index is 13.0. The van der Waals surface area contributed by atoms with Crippen LogP contribution in [0.3, 0.4) is 0 Å². The molecular weight excluding hydrogens is 328 g/mol. The second-order valence-corrected chi connectivity index (χ2v) is 7.25. The zero-order valence-corrected chi connectivity index (χ0v) is 16.3. The quantitative estimate of drug-likeness (QED) is 0.843. The summed E-state index contributed by atoms with van der Waals surface area (Å²) in [5.41, 5.74) is 0.541. The van der Waals surface area contributed by atoms with Gasteiger partial charge in [-0.1, -0.05) is 33.1 Å². The van der Waals surface area contributed by atoms with E-state index in [1.807, 2.05) is 25.7 Å². The summed E-state index contributed by atoms with van der Waals surface area (Å²) in [7, 11) is 0. The molecule has 1 aromatic carbocycles. The fourth-order valence-electron chi connectivity index (χ4n) is 3.27. The van der Waals surface area contributed by atoms with Gasteiger partial charge in [-0.2, -0.15) is 0 Å².